The van der Waals surface area contributed by atoms with Crippen molar-refractivity contribution in [2.75, 3.05) is 32.8 Å². The fourth-order valence-corrected chi connectivity index (χ4v) is 8.95. The normalized spacial score (nSPS) is 19.6. The summed E-state index contributed by atoms with van der Waals surface area (Å²) in [7, 11) is -4.41. The zero-order valence-electron chi connectivity index (χ0n) is 32.1. The zero-order chi connectivity index (χ0) is 42.4. The minimum absolute atomic E-state index is 0.0199. The lowest BCUT2D eigenvalue weighted by Gasteiger charge is -2.44. The van der Waals surface area contributed by atoms with E-state index in [2.05, 4.69) is 24.7 Å². The molecule has 4 aliphatic rings. The molecular formula is C42H42Cl2F2N4O9S. The van der Waals surface area contributed by atoms with Gasteiger partial charge in [-0.3, -0.25) is 19.5 Å². The summed E-state index contributed by atoms with van der Waals surface area (Å²) < 4.78 is 78.8. The SMILES string of the molecule is O=C(CNC(=O)c1cccc(S(=O)(=O)NC(C(=O)O[C@H]2CN3CCC2CC3)c2ccccc2)c1)O[C@@H](Cc1c(Cl)cncc1Cl)c1ccc(OC(F)F)c(OCC2CC2)c1. The average molecular weight is 888 g/mol. The van der Waals surface area contributed by atoms with Crippen LogP contribution >= 0.6 is 23.2 Å². The van der Waals surface area contributed by atoms with E-state index in [1.54, 1.807) is 30.3 Å². The molecule has 1 aromatic heterocycles. The van der Waals surface area contributed by atoms with Crippen molar-refractivity contribution in [3.8, 4) is 11.5 Å². The predicted molar refractivity (Wildman–Crippen MR) is 215 cm³/mol. The van der Waals surface area contributed by atoms with Gasteiger partial charge in [0.15, 0.2) is 11.5 Å². The molecule has 3 aliphatic heterocycles. The third kappa shape index (κ3) is 11.1. The number of carbonyl (C=O) groups excluding carboxylic acids is 3. The van der Waals surface area contributed by atoms with Gasteiger partial charge < -0.3 is 24.3 Å². The van der Waals surface area contributed by atoms with Crippen LogP contribution in [0.3, 0.4) is 0 Å². The monoisotopic (exact) mass is 886 g/mol. The molecule has 4 fully saturated rings. The average Bonchev–Trinajstić information content (AvgIpc) is 4.08. The van der Waals surface area contributed by atoms with Gasteiger partial charge in [-0.05, 0) is 97.6 Å². The fraction of sp³-hybridized carbons (Fsp3) is 0.381. The number of hydrogen-bond acceptors (Lipinski definition) is 11. The van der Waals surface area contributed by atoms with E-state index >= 15 is 0 Å². The number of hydrogen-bond donors (Lipinski definition) is 2. The maximum absolute atomic E-state index is 13.8. The number of amides is 1. The molecule has 3 aromatic carbocycles. The summed E-state index contributed by atoms with van der Waals surface area (Å²) in [4.78, 5) is 46.2. The highest BCUT2D eigenvalue weighted by molar-refractivity contribution is 7.89. The van der Waals surface area contributed by atoms with Crippen molar-refractivity contribution in [1.29, 1.82) is 0 Å². The number of fused-ring (bicyclic) bond motifs is 3. The van der Waals surface area contributed by atoms with Crippen molar-refractivity contribution in [1.82, 2.24) is 19.9 Å². The minimum Gasteiger partial charge on any atom is -0.489 e. The second-order valence-electron chi connectivity index (χ2n) is 14.9. The lowest BCUT2D eigenvalue weighted by atomic mass is 9.86. The van der Waals surface area contributed by atoms with Crippen LogP contribution in [-0.2, 0) is 35.5 Å². The van der Waals surface area contributed by atoms with E-state index < -0.39 is 53.2 Å². The number of pyridine rings is 1. The van der Waals surface area contributed by atoms with Gasteiger partial charge >= 0.3 is 18.6 Å². The predicted octanol–water partition coefficient (Wildman–Crippen LogP) is 6.69. The summed E-state index contributed by atoms with van der Waals surface area (Å²) in [5.74, 6) is -2.13. The number of rotatable bonds is 18. The Kier molecular flexibility index (Phi) is 13.9. The van der Waals surface area contributed by atoms with E-state index in [-0.39, 0.29) is 63.0 Å². The standard InChI is InChI=1S/C42H42Cl2F2N4O9S/c43-32-20-47-21-33(44)31(32)19-35(28-11-12-34(59-42(45)46)36(18-28)56-24-25-9-10-25)57-38(51)22-48-40(52)29-7-4-8-30(17-29)60(54,55)49-39(27-5-2-1-3-6-27)41(53)58-37-23-50-15-13-26(37)14-16-50/h1-8,11-12,17-18,20-21,25-26,35,37,39,42,49H,9-10,13-16,19,22-24H2,(H,48,52)/t35-,37-,39?/m0/s1. The molecule has 3 saturated heterocycles. The van der Waals surface area contributed by atoms with Crippen LogP contribution in [0.5, 0.6) is 11.5 Å². The number of piperidine rings is 3. The third-order valence-electron chi connectivity index (χ3n) is 10.6. The summed E-state index contributed by atoms with van der Waals surface area (Å²) in [6.45, 7) is -1.03. The summed E-state index contributed by atoms with van der Waals surface area (Å²) in [5, 5.41) is 2.82. The van der Waals surface area contributed by atoms with E-state index in [9.17, 15) is 31.6 Å². The van der Waals surface area contributed by atoms with Crippen LogP contribution in [0, 0.1) is 11.8 Å². The Labute approximate surface area is 355 Å². The molecular weight excluding hydrogens is 845 g/mol. The number of aromatic nitrogens is 1. The maximum atomic E-state index is 13.8. The van der Waals surface area contributed by atoms with Gasteiger partial charge in [0.05, 0.1) is 21.5 Å². The molecule has 60 heavy (non-hydrogen) atoms. The lowest BCUT2D eigenvalue weighted by Crippen LogP contribution is -2.52. The van der Waals surface area contributed by atoms with Gasteiger partial charge in [0, 0.05) is 30.9 Å². The van der Waals surface area contributed by atoms with Crippen molar-refractivity contribution in [2.24, 2.45) is 11.8 Å². The van der Waals surface area contributed by atoms with E-state index in [1.807, 2.05) is 0 Å². The molecule has 1 unspecified atom stereocenters. The molecule has 318 valence electrons. The van der Waals surface area contributed by atoms with Crippen molar-refractivity contribution in [3.63, 3.8) is 0 Å². The number of halogens is 4. The number of carbonyl (C=O) groups is 3. The summed E-state index contributed by atoms with van der Waals surface area (Å²) in [6.07, 6.45) is 4.88. The molecule has 13 nitrogen and oxygen atoms in total. The molecule has 4 heterocycles. The van der Waals surface area contributed by atoms with Crippen molar-refractivity contribution in [3.05, 3.63) is 117 Å². The van der Waals surface area contributed by atoms with E-state index in [4.69, 9.17) is 37.4 Å². The van der Waals surface area contributed by atoms with Crippen molar-refractivity contribution < 1.29 is 50.5 Å². The number of nitrogens with zero attached hydrogens (tertiary/aromatic N) is 2. The van der Waals surface area contributed by atoms with Crippen LogP contribution < -0.4 is 19.5 Å². The first kappa shape index (κ1) is 43.2. The summed E-state index contributed by atoms with van der Waals surface area (Å²) in [5.41, 5.74) is 0.997. The number of ether oxygens (including phenoxy) is 4. The summed E-state index contributed by atoms with van der Waals surface area (Å²) in [6, 6.07) is 16.2. The Morgan fingerprint density at radius 2 is 1.62 bits per heavy atom. The molecule has 1 amide bonds. The number of sulfonamides is 1. The smallest absolute Gasteiger partial charge is 0.387 e. The molecule has 2 N–H and O–H groups in total. The highest BCUT2D eigenvalue weighted by atomic mass is 35.5. The second-order valence-corrected chi connectivity index (χ2v) is 17.4. The Hall–Kier alpha value is -4.87. The van der Waals surface area contributed by atoms with E-state index in [1.165, 1.54) is 48.8 Å². The van der Waals surface area contributed by atoms with Gasteiger partial charge in [-0.2, -0.15) is 13.5 Å². The molecule has 1 saturated carbocycles. The Morgan fingerprint density at radius 1 is 0.883 bits per heavy atom. The van der Waals surface area contributed by atoms with Gasteiger partial charge in [-0.15, -0.1) is 0 Å². The highest BCUT2D eigenvalue weighted by Gasteiger charge is 2.39. The van der Waals surface area contributed by atoms with Crippen LogP contribution in [0.25, 0.3) is 0 Å². The molecule has 1 aliphatic carbocycles. The Bertz CT molecular complexity index is 2280. The zero-order valence-corrected chi connectivity index (χ0v) is 34.4. The first-order chi connectivity index (χ1) is 28.8. The fourth-order valence-electron chi connectivity index (χ4n) is 7.21. The Morgan fingerprint density at radius 3 is 2.28 bits per heavy atom. The topological polar surface area (TPSA) is 162 Å². The maximum Gasteiger partial charge on any atom is 0.387 e. The minimum atomic E-state index is -4.41. The van der Waals surface area contributed by atoms with E-state index in [0.717, 1.165) is 44.8 Å². The van der Waals surface area contributed by atoms with Gasteiger partial charge in [0.25, 0.3) is 5.91 Å². The second kappa shape index (κ2) is 19.2. The third-order valence-corrected chi connectivity index (χ3v) is 12.7. The van der Waals surface area contributed by atoms with Crippen LogP contribution in [0.2, 0.25) is 10.0 Å². The van der Waals surface area contributed by atoms with Crippen molar-refractivity contribution >= 4 is 51.1 Å². The van der Waals surface area contributed by atoms with Crippen LogP contribution in [0.4, 0.5) is 8.78 Å². The largest absolute Gasteiger partial charge is 0.489 e. The van der Waals surface area contributed by atoms with Crippen molar-refractivity contribution in [2.45, 2.75) is 61.9 Å². The van der Waals surface area contributed by atoms with Gasteiger partial charge in [0.1, 0.15) is 24.8 Å². The number of alkyl halides is 2. The highest BCUT2D eigenvalue weighted by Crippen LogP contribution is 2.38. The van der Waals surface area contributed by atoms with E-state index in [0.29, 0.717) is 23.2 Å². The molecule has 8 rings (SSSR count). The van der Waals surface area contributed by atoms with Crippen LogP contribution in [0.1, 0.15) is 64.9 Å². The van der Waals surface area contributed by atoms with Gasteiger partial charge in [0.2, 0.25) is 10.0 Å². The summed E-state index contributed by atoms with van der Waals surface area (Å²) >= 11 is 12.8. The molecule has 2 bridgehead atoms. The van der Waals surface area contributed by atoms with Crippen LogP contribution in [-0.4, -0.2) is 81.6 Å². The van der Waals surface area contributed by atoms with Gasteiger partial charge in [-0.25, -0.2) is 13.2 Å². The number of benzene rings is 3. The molecule has 4 aromatic rings. The number of esters is 2. The first-order valence-corrected chi connectivity index (χ1v) is 21.6. The molecule has 18 heteroatoms. The van der Waals surface area contributed by atoms with Gasteiger partial charge in [-0.1, -0.05) is 65.7 Å². The van der Waals surface area contributed by atoms with Crippen LogP contribution in [0.15, 0.2) is 90.1 Å². The number of nitrogens with one attached hydrogen (secondary N) is 2. The molecule has 3 atom stereocenters. The Balaban J connectivity index is 1.04. The molecule has 0 spiro atoms. The first-order valence-electron chi connectivity index (χ1n) is 19.4. The lowest BCUT2D eigenvalue weighted by molar-refractivity contribution is -0.161. The molecule has 0 radical (unpaired) electrons. The quantitative estimate of drug-likeness (QED) is 0.102.